The van der Waals surface area contributed by atoms with Gasteiger partial charge in [0.15, 0.2) is 0 Å². The third-order valence-corrected chi connectivity index (χ3v) is 4.75. The number of nitrogens with one attached hydrogen (secondary N) is 1. The van der Waals surface area contributed by atoms with Gasteiger partial charge in [0.1, 0.15) is 0 Å². The Bertz CT molecular complexity index is 559. The van der Waals surface area contributed by atoms with Gasteiger partial charge in [-0.3, -0.25) is 0 Å². The zero-order valence-electron chi connectivity index (χ0n) is 11.9. The van der Waals surface area contributed by atoms with E-state index < -0.39 is 29.2 Å². The lowest BCUT2D eigenvalue weighted by molar-refractivity contribution is -0.135. The van der Waals surface area contributed by atoms with E-state index in [4.69, 9.17) is 0 Å². The fourth-order valence-corrected chi connectivity index (χ4v) is 2.91. The quantitative estimate of drug-likeness (QED) is 0.838. The zero-order chi connectivity index (χ0) is 16.1. The Morgan fingerprint density at radius 2 is 1.95 bits per heavy atom. The van der Waals surface area contributed by atoms with Crippen LogP contribution < -0.4 is 5.32 Å². The molecule has 0 unspecified atom stereocenters. The monoisotopic (exact) mass is 324 g/mol. The molecule has 0 bridgehead atoms. The maximum absolute atomic E-state index is 12.2. The lowest BCUT2D eigenvalue weighted by Crippen LogP contribution is -2.30. The molecule has 0 amide bonds. The highest BCUT2D eigenvalue weighted by molar-refractivity contribution is 7.89. The first kappa shape index (κ1) is 17.9. The summed E-state index contributed by atoms with van der Waals surface area (Å²) >= 11 is 0. The molecule has 0 aliphatic rings. The number of halogens is 3. The van der Waals surface area contributed by atoms with Gasteiger partial charge in [-0.15, -0.1) is 0 Å². The molecular formula is C13H19F3N2O2S. The van der Waals surface area contributed by atoms with Crippen LogP contribution in [-0.2, 0) is 16.6 Å². The lowest BCUT2D eigenvalue weighted by atomic mass is 10.2. The van der Waals surface area contributed by atoms with Crippen molar-refractivity contribution in [3.63, 3.8) is 0 Å². The number of hydrogen-bond acceptors (Lipinski definition) is 3. The van der Waals surface area contributed by atoms with Crippen molar-refractivity contribution in [1.82, 2.24) is 9.62 Å². The van der Waals surface area contributed by atoms with Crippen LogP contribution in [0.15, 0.2) is 29.2 Å². The van der Waals surface area contributed by atoms with E-state index in [2.05, 4.69) is 5.32 Å². The van der Waals surface area contributed by atoms with Crippen LogP contribution in [0.4, 0.5) is 13.2 Å². The predicted molar refractivity (Wildman–Crippen MR) is 74.3 cm³/mol. The standard InChI is InChI=1S/C13H19F3N2O2S/c1-3-17-10-11-5-4-6-12(9-11)21(19,20)18(2)8-7-13(14,15)16/h4-6,9,17H,3,7-8,10H2,1-2H3. The van der Waals surface area contributed by atoms with Crippen molar-refractivity contribution in [2.24, 2.45) is 0 Å². The molecular weight excluding hydrogens is 305 g/mol. The number of hydrogen-bond donors (Lipinski definition) is 1. The molecule has 0 aromatic heterocycles. The molecule has 8 heteroatoms. The van der Waals surface area contributed by atoms with E-state index in [1.54, 1.807) is 12.1 Å². The fraction of sp³-hybridized carbons (Fsp3) is 0.538. The highest BCUT2D eigenvalue weighted by atomic mass is 32.2. The predicted octanol–water partition coefficient (Wildman–Crippen LogP) is 2.37. The van der Waals surface area contributed by atoms with Crippen LogP contribution in [0, 0.1) is 0 Å². The fourth-order valence-electron chi connectivity index (χ4n) is 1.67. The maximum atomic E-state index is 12.2. The molecule has 0 radical (unpaired) electrons. The van der Waals surface area contributed by atoms with E-state index in [9.17, 15) is 21.6 Å². The molecule has 21 heavy (non-hydrogen) atoms. The Labute approximate surface area is 123 Å². The minimum atomic E-state index is -4.38. The van der Waals surface area contributed by atoms with Crippen LogP contribution >= 0.6 is 0 Å². The maximum Gasteiger partial charge on any atom is 0.390 e. The van der Waals surface area contributed by atoms with Crippen LogP contribution in [0.5, 0.6) is 0 Å². The van der Waals surface area contributed by atoms with Crippen molar-refractivity contribution >= 4 is 10.0 Å². The van der Waals surface area contributed by atoms with Gasteiger partial charge in [0.05, 0.1) is 11.3 Å². The Balaban J connectivity index is 2.86. The molecule has 1 aromatic rings. The molecule has 0 saturated carbocycles. The van der Waals surface area contributed by atoms with Crippen molar-refractivity contribution in [3.05, 3.63) is 29.8 Å². The summed E-state index contributed by atoms with van der Waals surface area (Å²) in [5.74, 6) is 0. The van der Waals surface area contributed by atoms with Crippen molar-refractivity contribution in [2.75, 3.05) is 20.1 Å². The van der Waals surface area contributed by atoms with Gasteiger partial charge in [0.25, 0.3) is 0 Å². The minimum absolute atomic E-state index is 0.00239. The first-order valence-electron chi connectivity index (χ1n) is 6.49. The van der Waals surface area contributed by atoms with E-state index in [0.717, 1.165) is 23.5 Å². The summed E-state index contributed by atoms with van der Waals surface area (Å²) < 4.78 is 61.7. The van der Waals surface area contributed by atoms with Crippen molar-refractivity contribution in [2.45, 2.75) is 31.0 Å². The minimum Gasteiger partial charge on any atom is -0.313 e. The Morgan fingerprint density at radius 3 is 2.52 bits per heavy atom. The number of nitrogens with zero attached hydrogens (tertiary/aromatic N) is 1. The SMILES string of the molecule is CCNCc1cccc(S(=O)(=O)N(C)CCC(F)(F)F)c1. The molecule has 120 valence electrons. The van der Waals surface area contributed by atoms with E-state index in [-0.39, 0.29) is 4.90 Å². The zero-order valence-corrected chi connectivity index (χ0v) is 12.8. The summed E-state index contributed by atoms with van der Waals surface area (Å²) in [7, 11) is -2.75. The lowest BCUT2D eigenvalue weighted by Gasteiger charge is -2.18. The number of alkyl halides is 3. The van der Waals surface area contributed by atoms with Gasteiger partial charge in [-0.05, 0) is 24.2 Å². The number of sulfonamides is 1. The molecule has 1 aromatic carbocycles. The second-order valence-corrected chi connectivity index (χ2v) is 6.66. The van der Waals surface area contributed by atoms with Crippen LogP contribution in [0.2, 0.25) is 0 Å². The third kappa shape index (κ3) is 5.64. The van der Waals surface area contributed by atoms with Crippen molar-refractivity contribution in [3.8, 4) is 0 Å². The van der Waals surface area contributed by atoms with Gasteiger partial charge >= 0.3 is 6.18 Å². The van der Waals surface area contributed by atoms with Crippen LogP contribution in [0.25, 0.3) is 0 Å². The smallest absolute Gasteiger partial charge is 0.313 e. The van der Waals surface area contributed by atoms with E-state index in [1.807, 2.05) is 6.92 Å². The summed E-state index contributed by atoms with van der Waals surface area (Å²) in [6.07, 6.45) is -5.55. The Hall–Kier alpha value is -1.12. The second kappa shape index (κ2) is 7.24. The largest absolute Gasteiger partial charge is 0.390 e. The molecule has 1 N–H and O–H groups in total. The highest BCUT2D eigenvalue weighted by Crippen LogP contribution is 2.22. The summed E-state index contributed by atoms with van der Waals surface area (Å²) in [6.45, 7) is 2.57. The topological polar surface area (TPSA) is 49.4 Å². The first-order chi connectivity index (χ1) is 9.66. The van der Waals surface area contributed by atoms with Gasteiger partial charge < -0.3 is 5.32 Å². The number of rotatable bonds is 7. The average molecular weight is 324 g/mol. The van der Waals surface area contributed by atoms with Crippen LogP contribution in [0.1, 0.15) is 18.9 Å². The first-order valence-corrected chi connectivity index (χ1v) is 7.93. The molecule has 1 rings (SSSR count). The van der Waals surface area contributed by atoms with E-state index in [1.165, 1.54) is 12.1 Å². The molecule has 4 nitrogen and oxygen atoms in total. The van der Waals surface area contributed by atoms with Gasteiger partial charge in [-0.25, -0.2) is 12.7 Å². The Morgan fingerprint density at radius 1 is 1.29 bits per heavy atom. The second-order valence-electron chi connectivity index (χ2n) is 4.62. The van der Waals surface area contributed by atoms with Crippen LogP contribution in [-0.4, -0.2) is 39.0 Å². The average Bonchev–Trinajstić information content (AvgIpc) is 2.42. The molecule has 0 atom stereocenters. The van der Waals surface area contributed by atoms with Crippen molar-refractivity contribution in [1.29, 1.82) is 0 Å². The van der Waals surface area contributed by atoms with Crippen molar-refractivity contribution < 1.29 is 21.6 Å². The normalized spacial score (nSPS) is 12.9. The molecule has 0 aliphatic carbocycles. The third-order valence-electron chi connectivity index (χ3n) is 2.90. The van der Waals surface area contributed by atoms with E-state index in [0.29, 0.717) is 6.54 Å². The Kier molecular flexibility index (Phi) is 6.18. The van der Waals surface area contributed by atoms with Crippen LogP contribution in [0.3, 0.4) is 0 Å². The molecule has 0 aliphatic heterocycles. The summed E-state index contributed by atoms with van der Waals surface area (Å²) in [6, 6.07) is 6.20. The molecule has 0 heterocycles. The summed E-state index contributed by atoms with van der Waals surface area (Å²) in [5.41, 5.74) is 0.766. The molecule has 0 fully saturated rings. The van der Waals surface area contributed by atoms with Gasteiger partial charge in [-0.2, -0.15) is 13.2 Å². The summed E-state index contributed by atoms with van der Waals surface area (Å²) in [5, 5.41) is 3.06. The van der Waals surface area contributed by atoms with E-state index >= 15 is 0 Å². The number of benzene rings is 1. The van der Waals surface area contributed by atoms with Gasteiger partial charge in [0.2, 0.25) is 10.0 Å². The molecule has 0 spiro atoms. The summed E-state index contributed by atoms with van der Waals surface area (Å²) in [4.78, 5) is 0.00239. The van der Waals surface area contributed by atoms with Gasteiger partial charge in [-0.1, -0.05) is 19.1 Å². The van der Waals surface area contributed by atoms with Gasteiger partial charge in [0, 0.05) is 20.1 Å². The molecule has 0 saturated heterocycles. The highest BCUT2D eigenvalue weighted by Gasteiger charge is 2.30.